The zero-order chi connectivity index (χ0) is 19.9. The summed E-state index contributed by atoms with van der Waals surface area (Å²) in [5.74, 6) is 6.66. The summed E-state index contributed by atoms with van der Waals surface area (Å²) in [4.78, 5) is 16.5. The standard InChI is InChI=1S/C24H21NO3/c1-17(2)28-24(26)23-6-4-5-22(25-23)20-13-9-18(10-14-20)7-8-19-11-15-21(27-3)16-12-19/h4-6,9-17H,1-3H3. The minimum Gasteiger partial charge on any atom is -0.497 e. The molecule has 0 saturated carbocycles. The number of pyridine rings is 1. The maximum atomic E-state index is 12.0. The first-order valence-electron chi connectivity index (χ1n) is 8.99. The molecule has 140 valence electrons. The van der Waals surface area contributed by atoms with Crippen molar-refractivity contribution in [2.24, 2.45) is 0 Å². The quantitative estimate of drug-likeness (QED) is 0.492. The molecule has 1 aromatic heterocycles. The molecule has 1 heterocycles. The van der Waals surface area contributed by atoms with Gasteiger partial charge in [0.05, 0.1) is 18.9 Å². The van der Waals surface area contributed by atoms with Crippen LogP contribution >= 0.6 is 0 Å². The highest BCUT2D eigenvalue weighted by Crippen LogP contribution is 2.18. The number of carbonyl (C=O) groups is 1. The van der Waals surface area contributed by atoms with Crippen LogP contribution in [0.2, 0.25) is 0 Å². The molecule has 0 unspecified atom stereocenters. The van der Waals surface area contributed by atoms with Gasteiger partial charge in [0.2, 0.25) is 0 Å². The molecule has 0 atom stereocenters. The van der Waals surface area contributed by atoms with Gasteiger partial charge in [0, 0.05) is 16.7 Å². The molecule has 0 amide bonds. The van der Waals surface area contributed by atoms with E-state index in [1.165, 1.54) is 0 Å². The summed E-state index contributed by atoms with van der Waals surface area (Å²) in [7, 11) is 1.64. The highest BCUT2D eigenvalue weighted by Gasteiger charge is 2.11. The number of hydrogen-bond donors (Lipinski definition) is 0. The van der Waals surface area contributed by atoms with Crippen molar-refractivity contribution in [1.29, 1.82) is 0 Å². The van der Waals surface area contributed by atoms with E-state index >= 15 is 0 Å². The third-order valence-electron chi connectivity index (χ3n) is 3.92. The average molecular weight is 371 g/mol. The van der Waals surface area contributed by atoms with Crippen molar-refractivity contribution in [3.05, 3.63) is 83.6 Å². The van der Waals surface area contributed by atoms with Crippen LogP contribution in [0.4, 0.5) is 0 Å². The summed E-state index contributed by atoms with van der Waals surface area (Å²) in [6.07, 6.45) is -0.179. The third kappa shape index (κ3) is 4.99. The first-order valence-corrected chi connectivity index (χ1v) is 8.99. The van der Waals surface area contributed by atoms with Crippen LogP contribution in [0.5, 0.6) is 5.75 Å². The molecule has 3 rings (SSSR count). The van der Waals surface area contributed by atoms with E-state index in [0.717, 1.165) is 22.4 Å². The molecule has 0 N–H and O–H groups in total. The monoisotopic (exact) mass is 371 g/mol. The predicted molar refractivity (Wildman–Crippen MR) is 109 cm³/mol. The molecular formula is C24H21NO3. The number of rotatable bonds is 4. The largest absolute Gasteiger partial charge is 0.497 e. The van der Waals surface area contributed by atoms with Gasteiger partial charge in [-0.2, -0.15) is 0 Å². The van der Waals surface area contributed by atoms with Gasteiger partial charge in [-0.05, 0) is 62.4 Å². The zero-order valence-corrected chi connectivity index (χ0v) is 16.1. The Morgan fingerprint density at radius 1 is 0.893 bits per heavy atom. The molecule has 3 aromatic rings. The Labute approximate surface area is 165 Å². The normalized spacial score (nSPS) is 10.1. The fraction of sp³-hybridized carbons (Fsp3) is 0.167. The number of carbonyl (C=O) groups excluding carboxylic acids is 1. The lowest BCUT2D eigenvalue weighted by Gasteiger charge is -2.08. The number of aromatic nitrogens is 1. The van der Waals surface area contributed by atoms with Gasteiger partial charge in [-0.3, -0.25) is 0 Å². The zero-order valence-electron chi connectivity index (χ0n) is 16.1. The van der Waals surface area contributed by atoms with E-state index in [4.69, 9.17) is 9.47 Å². The minimum atomic E-state index is -0.418. The molecule has 0 fully saturated rings. The van der Waals surface area contributed by atoms with Crippen LogP contribution in [-0.4, -0.2) is 24.2 Å². The highest BCUT2D eigenvalue weighted by atomic mass is 16.5. The van der Waals surface area contributed by atoms with E-state index < -0.39 is 5.97 Å². The topological polar surface area (TPSA) is 48.4 Å². The Hall–Kier alpha value is -3.58. The van der Waals surface area contributed by atoms with Gasteiger partial charge < -0.3 is 9.47 Å². The third-order valence-corrected chi connectivity index (χ3v) is 3.92. The maximum absolute atomic E-state index is 12.0. The van der Waals surface area contributed by atoms with E-state index in [9.17, 15) is 4.79 Å². The molecular weight excluding hydrogens is 350 g/mol. The first kappa shape index (κ1) is 19.2. The SMILES string of the molecule is COc1ccc(C#Cc2ccc(-c3cccc(C(=O)OC(C)C)n3)cc2)cc1. The van der Waals surface area contributed by atoms with Crippen LogP contribution in [-0.2, 0) is 4.74 Å². The predicted octanol–water partition coefficient (Wildman–Crippen LogP) is 4.72. The molecule has 0 aliphatic carbocycles. The number of esters is 1. The molecule has 4 nitrogen and oxygen atoms in total. The Balaban J connectivity index is 1.76. The molecule has 2 aromatic carbocycles. The number of hydrogen-bond acceptors (Lipinski definition) is 4. The molecule has 0 aliphatic rings. The van der Waals surface area contributed by atoms with Gasteiger partial charge in [0.15, 0.2) is 0 Å². The van der Waals surface area contributed by atoms with E-state index in [2.05, 4.69) is 16.8 Å². The van der Waals surface area contributed by atoms with Gasteiger partial charge in [-0.15, -0.1) is 0 Å². The Morgan fingerprint density at radius 3 is 2.07 bits per heavy atom. The number of ether oxygens (including phenoxy) is 2. The first-order chi connectivity index (χ1) is 13.5. The smallest absolute Gasteiger partial charge is 0.357 e. The minimum absolute atomic E-state index is 0.179. The van der Waals surface area contributed by atoms with E-state index in [0.29, 0.717) is 11.4 Å². The number of benzene rings is 2. The summed E-state index contributed by atoms with van der Waals surface area (Å²) in [6.45, 7) is 3.63. The van der Waals surface area contributed by atoms with Gasteiger partial charge in [-0.1, -0.05) is 30.0 Å². The molecule has 0 bridgehead atoms. The Kier molecular flexibility index (Phi) is 6.08. The number of nitrogens with zero attached hydrogens (tertiary/aromatic N) is 1. The van der Waals surface area contributed by atoms with Crippen LogP contribution in [0, 0.1) is 11.8 Å². The summed E-state index contributed by atoms with van der Waals surface area (Å²) in [5.41, 5.74) is 3.74. The summed E-state index contributed by atoms with van der Waals surface area (Å²) >= 11 is 0. The van der Waals surface area contributed by atoms with Crippen molar-refractivity contribution < 1.29 is 14.3 Å². The Morgan fingerprint density at radius 2 is 1.50 bits per heavy atom. The van der Waals surface area contributed by atoms with Crippen LogP contribution in [0.1, 0.15) is 35.5 Å². The molecule has 0 aliphatic heterocycles. The molecule has 0 saturated heterocycles. The lowest BCUT2D eigenvalue weighted by molar-refractivity contribution is 0.0371. The van der Waals surface area contributed by atoms with Crippen LogP contribution in [0.15, 0.2) is 66.7 Å². The lowest BCUT2D eigenvalue weighted by atomic mass is 10.1. The van der Waals surface area contributed by atoms with Crippen LogP contribution in [0.3, 0.4) is 0 Å². The van der Waals surface area contributed by atoms with Crippen molar-refractivity contribution in [3.8, 4) is 28.8 Å². The van der Waals surface area contributed by atoms with Crippen LogP contribution < -0.4 is 4.74 Å². The fourth-order valence-corrected chi connectivity index (χ4v) is 2.53. The number of methoxy groups -OCH3 is 1. The van der Waals surface area contributed by atoms with Crippen molar-refractivity contribution in [3.63, 3.8) is 0 Å². The van der Waals surface area contributed by atoms with Crippen molar-refractivity contribution >= 4 is 5.97 Å². The molecule has 0 radical (unpaired) electrons. The average Bonchev–Trinajstić information content (AvgIpc) is 2.72. The Bertz CT molecular complexity index is 1010. The highest BCUT2D eigenvalue weighted by molar-refractivity contribution is 5.88. The van der Waals surface area contributed by atoms with E-state index in [1.807, 2.05) is 68.4 Å². The van der Waals surface area contributed by atoms with Crippen molar-refractivity contribution in [1.82, 2.24) is 4.98 Å². The summed E-state index contributed by atoms with van der Waals surface area (Å²) < 4.78 is 10.4. The van der Waals surface area contributed by atoms with Gasteiger partial charge in [0.1, 0.15) is 11.4 Å². The second-order valence-corrected chi connectivity index (χ2v) is 6.42. The lowest BCUT2D eigenvalue weighted by Crippen LogP contribution is -2.13. The van der Waals surface area contributed by atoms with Gasteiger partial charge >= 0.3 is 5.97 Å². The van der Waals surface area contributed by atoms with Gasteiger partial charge in [0.25, 0.3) is 0 Å². The van der Waals surface area contributed by atoms with Gasteiger partial charge in [-0.25, -0.2) is 9.78 Å². The van der Waals surface area contributed by atoms with E-state index in [-0.39, 0.29) is 6.10 Å². The van der Waals surface area contributed by atoms with Crippen LogP contribution in [0.25, 0.3) is 11.3 Å². The second-order valence-electron chi connectivity index (χ2n) is 6.42. The maximum Gasteiger partial charge on any atom is 0.357 e. The fourth-order valence-electron chi connectivity index (χ4n) is 2.53. The molecule has 0 spiro atoms. The molecule has 4 heteroatoms. The molecule has 28 heavy (non-hydrogen) atoms. The van der Waals surface area contributed by atoms with Crippen molar-refractivity contribution in [2.75, 3.05) is 7.11 Å². The van der Waals surface area contributed by atoms with Crippen molar-refractivity contribution in [2.45, 2.75) is 20.0 Å². The van der Waals surface area contributed by atoms with E-state index in [1.54, 1.807) is 19.2 Å². The summed E-state index contributed by atoms with van der Waals surface area (Å²) in [5, 5.41) is 0. The summed E-state index contributed by atoms with van der Waals surface area (Å²) in [6, 6.07) is 20.7. The second kappa shape index (κ2) is 8.88.